The fraction of sp³-hybridized carbons (Fsp3) is 0.333. The average molecular weight is 357 g/mol. The number of benzene rings is 1. The molecule has 0 bridgehead atoms. The van der Waals surface area contributed by atoms with Crippen LogP contribution in [0, 0.1) is 11.3 Å². The van der Waals surface area contributed by atoms with Gasteiger partial charge in [0.25, 0.3) is 0 Å². The molecule has 1 saturated heterocycles. The van der Waals surface area contributed by atoms with Crippen molar-refractivity contribution >= 4 is 10.0 Å². The number of hydrogen-bond acceptors (Lipinski definition) is 5. The average Bonchev–Trinajstić information content (AvgIpc) is 2.59. The van der Waals surface area contributed by atoms with Gasteiger partial charge in [0, 0.05) is 12.3 Å². The molecule has 2 heterocycles. The van der Waals surface area contributed by atoms with Gasteiger partial charge in [0.2, 0.25) is 15.9 Å². The first-order valence-corrected chi connectivity index (χ1v) is 9.59. The van der Waals surface area contributed by atoms with Gasteiger partial charge in [0.1, 0.15) is 12.2 Å². The van der Waals surface area contributed by atoms with Crippen LogP contribution in [0.15, 0.2) is 47.5 Å². The van der Waals surface area contributed by atoms with Crippen LogP contribution < -0.4 is 4.74 Å². The Labute approximate surface area is 147 Å². The third kappa shape index (κ3) is 3.81. The van der Waals surface area contributed by atoms with Crippen LogP contribution in [0.2, 0.25) is 0 Å². The zero-order chi connectivity index (χ0) is 17.9. The molecule has 1 aromatic carbocycles. The molecule has 0 N–H and O–H groups in total. The molecule has 130 valence electrons. The van der Waals surface area contributed by atoms with Crippen LogP contribution in [0.4, 0.5) is 0 Å². The Morgan fingerprint density at radius 1 is 1.24 bits per heavy atom. The van der Waals surface area contributed by atoms with E-state index >= 15 is 0 Å². The zero-order valence-corrected chi connectivity index (χ0v) is 14.7. The van der Waals surface area contributed by atoms with E-state index in [1.165, 1.54) is 10.5 Å². The lowest BCUT2D eigenvalue weighted by Crippen LogP contribution is -2.56. The largest absolute Gasteiger partial charge is 0.472 e. The molecule has 25 heavy (non-hydrogen) atoms. The topological polar surface area (TPSA) is 83.3 Å². The first kappa shape index (κ1) is 17.4. The fourth-order valence-electron chi connectivity index (χ4n) is 2.62. The van der Waals surface area contributed by atoms with E-state index in [9.17, 15) is 8.42 Å². The van der Waals surface area contributed by atoms with E-state index < -0.39 is 10.0 Å². The Morgan fingerprint density at radius 3 is 2.52 bits per heavy atom. The second-order valence-electron chi connectivity index (χ2n) is 5.95. The molecular formula is C18H19N3O3S. The number of ether oxygens (including phenoxy) is 1. The van der Waals surface area contributed by atoms with Crippen molar-refractivity contribution in [3.8, 4) is 11.9 Å². The minimum Gasteiger partial charge on any atom is -0.472 e. The molecule has 7 heteroatoms. The van der Waals surface area contributed by atoms with Crippen molar-refractivity contribution < 1.29 is 13.2 Å². The number of nitriles is 1. The minimum atomic E-state index is -3.48. The molecule has 1 aromatic heterocycles. The maximum atomic E-state index is 12.6. The highest BCUT2D eigenvalue weighted by Crippen LogP contribution is 2.24. The summed E-state index contributed by atoms with van der Waals surface area (Å²) in [6, 6.07) is 12.3. The first-order valence-electron chi connectivity index (χ1n) is 8.15. The Bertz CT molecular complexity index is 865. The maximum absolute atomic E-state index is 12.6. The van der Waals surface area contributed by atoms with E-state index in [0.29, 0.717) is 29.4 Å². The zero-order valence-electron chi connectivity index (χ0n) is 13.9. The lowest BCUT2D eigenvalue weighted by molar-refractivity contribution is 0.0721. The fourth-order valence-corrected chi connectivity index (χ4v) is 4.13. The van der Waals surface area contributed by atoms with E-state index in [4.69, 9.17) is 10.00 Å². The highest BCUT2D eigenvalue weighted by Gasteiger charge is 2.38. The summed E-state index contributed by atoms with van der Waals surface area (Å²) in [5.74, 6) is 0.393. The van der Waals surface area contributed by atoms with E-state index in [-0.39, 0.29) is 6.10 Å². The Balaban J connectivity index is 1.59. The summed E-state index contributed by atoms with van der Waals surface area (Å²) in [7, 11) is -3.48. The van der Waals surface area contributed by atoms with Crippen LogP contribution in [0.5, 0.6) is 5.88 Å². The molecule has 1 fully saturated rings. The number of rotatable bonds is 6. The second-order valence-corrected chi connectivity index (χ2v) is 7.89. The number of pyridine rings is 1. The van der Waals surface area contributed by atoms with Crippen LogP contribution in [0.3, 0.4) is 0 Å². The summed E-state index contributed by atoms with van der Waals surface area (Å²) >= 11 is 0. The van der Waals surface area contributed by atoms with Gasteiger partial charge in [-0.15, -0.1) is 0 Å². The van der Waals surface area contributed by atoms with E-state index in [1.807, 2.05) is 18.2 Å². The lowest BCUT2D eigenvalue weighted by Gasteiger charge is -2.37. The van der Waals surface area contributed by atoms with Crippen LogP contribution in [-0.2, 0) is 16.4 Å². The molecule has 0 spiro atoms. The highest BCUT2D eigenvalue weighted by atomic mass is 32.2. The standard InChI is InChI=1S/C18H19N3O3S/c1-2-3-14-4-7-17(8-5-14)25(22,23)21-12-16(13-21)24-18-9-6-15(10-19)11-20-18/h4-9,11,16H,2-3,12-13H2,1H3. The molecule has 0 unspecified atom stereocenters. The molecule has 0 radical (unpaired) electrons. The Hall–Kier alpha value is -2.43. The van der Waals surface area contributed by atoms with Gasteiger partial charge in [-0.2, -0.15) is 9.57 Å². The molecule has 3 rings (SSSR count). The predicted molar refractivity (Wildman–Crippen MR) is 92.6 cm³/mol. The quantitative estimate of drug-likeness (QED) is 0.792. The van der Waals surface area contributed by atoms with Crippen molar-refractivity contribution in [1.82, 2.24) is 9.29 Å². The molecule has 0 amide bonds. The maximum Gasteiger partial charge on any atom is 0.243 e. The molecule has 0 aliphatic carbocycles. The van der Waals surface area contributed by atoms with E-state index in [2.05, 4.69) is 11.9 Å². The highest BCUT2D eigenvalue weighted by molar-refractivity contribution is 7.89. The van der Waals surface area contributed by atoms with Gasteiger partial charge in [-0.25, -0.2) is 13.4 Å². The van der Waals surface area contributed by atoms with Gasteiger partial charge in [-0.05, 0) is 30.2 Å². The smallest absolute Gasteiger partial charge is 0.243 e. The monoisotopic (exact) mass is 357 g/mol. The van der Waals surface area contributed by atoms with Crippen LogP contribution in [0.1, 0.15) is 24.5 Å². The van der Waals surface area contributed by atoms with Crippen molar-refractivity contribution in [3.63, 3.8) is 0 Å². The third-order valence-electron chi connectivity index (χ3n) is 4.07. The van der Waals surface area contributed by atoms with Crippen molar-refractivity contribution in [3.05, 3.63) is 53.7 Å². The van der Waals surface area contributed by atoms with E-state index in [0.717, 1.165) is 18.4 Å². The number of sulfonamides is 1. The summed E-state index contributed by atoms with van der Waals surface area (Å²) in [4.78, 5) is 4.34. The van der Waals surface area contributed by atoms with Crippen LogP contribution in [0.25, 0.3) is 0 Å². The van der Waals surface area contributed by atoms with Crippen molar-refractivity contribution in [2.24, 2.45) is 0 Å². The third-order valence-corrected chi connectivity index (χ3v) is 5.91. The normalized spacial score (nSPS) is 15.4. The summed E-state index contributed by atoms with van der Waals surface area (Å²) in [5.41, 5.74) is 1.59. The summed E-state index contributed by atoms with van der Waals surface area (Å²) < 4.78 is 32.2. The van der Waals surface area contributed by atoms with Gasteiger partial charge in [0.15, 0.2) is 0 Å². The first-order chi connectivity index (χ1) is 12.0. The molecule has 1 aliphatic heterocycles. The molecule has 1 aliphatic rings. The molecule has 0 saturated carbocycles. The van der Waals surface area contributed by atoms with Crippen LogP contribution >= 0.6 is 0 Å². The van der Waals surface area contributed by atoms with E-state index in [1.54, 1.807) is 24.3 Å². The van der Waals surface area contributed by atoms with Crippen molar-refractivity contribution in [1.29, 1.82) is 5.26 Å². The molecule has 6 nitrogen and oxygen atoms in total. The molecule has 0 atom stereocenters. The minimum absolute atomic E-state index is 0.227. The van der Waals surface area contributed by atoms with Gasteiger partial charge < -0.3 is 4.74 Å². The number of aryl methyl sites for hydroxylation is 1. The van der Waals surface area contributed by atoms with Crippen molar-refractivity contribution in [2.45, 2.75) is 30.8 Å². The lowest BCUT2D eigenvalue weighted by atomic mass is 10.1. The summed E-state index contributed by atoms with van der Waals surface area (Å²) in [6.45, 7) is 2.68. The van der Waals surface area contributed by atoms with Crippen LogP contribution in [-0.4, -0.2) is 36.9 Å². The number of nitrogens with zero attached hydrogens (tertiary/aromatic N) is 3. The SMILES string of the molecule is CCCc1ccc(S(=O)(=O)N2CC(Oc3ccc(C#N)cn3)C2)cc1. The second kappa shape index (κ2) is 7.21. The van der Waals surface area contributed by atoms with Gasteiger partial charge in [0.05, 0.1) is 23.5 Å². The molecule has 2 aromatic rings. The summed E-state index contributed by atoms with van der Waals surface area (Å²) in [6.07, 6.45) is 3.17. The molecular weight excluding hydrogens is 338 g/mol. The van der Waals surface area contributed by atoms with Gasteiger partial charge in [-0.3, -0.25) is 0 Å². The number of aromatic nitrogens is 1. The summed E-state index contributed by atoms with van der Waals surface area (Å²) in [5, 5.41) is 8.74. The Morgan fingerprint density at radius 2 is 1.96 bits per heavy atom. The Kier molecular flexibility index (Phi) is 5.02. The number of hydrogen-bond donors (Lipinski definition) is 0. The van der Waals surface area contributed by atoms with Gasteiger partial charge >= 0.3 is 0 Å². The predicted octanol–water partition coefficient (Wildman–Crippen LogP) is 2.36. The van der Waals surface area contributed by atoms with Gasteiger partial charge in [-0.1, -0.05) is 25.5 Å². The van der Waals surface area contributed by atoms with Crippen molar-refractivity contribution in [2.75, 3.05) is 13.1 Å².